The summed E-state index contributed by atoms with van der Waals surface area (Å²) < 4.78 is 4.61. The molecule has 3 heteroatoms. The number of aliphatic hydroxyl groups is 1. The van der Waals surface area contributed by atoms with Crippen molar-refractivity contribution < 1.29 is 9.84 Å². The van der Waals surface area contributed by atoms with Crippen LogP contribution in [-0.2, 0) is 4.74 Å². The van der Waals surface area contributed by atoms with Gasteiger partial charge >= 0.3 is 0 Å². The highest BCUT2D eigenvalue weighted by Crippen LogP contribution is 1.89. The Hall–Kier alpha value is -1.12. The van der Waals surface area contributed by atoms with Crippen LogP contribution in [0.25, 0.3) is 0 Å². The van der Waals surface area contributed by atoms with Gasteiger partial charge in [-0.15, -0.1) is 0 Å². The lowest BCUT2D eigenvalue weighted by Crippen LogP contribution is -2.15. The maximum atomic E-state index is 9.06. The summed E-state index contributed by atoms with van der Waals surface area (Å²) in [6.45, 7) is 3.98. The van der Waals surface area contributed by atoms with Crippen molar-refractivity contribution in [2.45, 2.75) is 19.9 Å². The molecule has 0 bridgehead atoms. The number of nitrogens with one attached hydrogen (secondary N) is 1. The second-order valence-electron chi connectivity index (χ2n) is 2.43. The number of allylic oxidation sites excluding steroid dienone is 1. The number of hydrogen-bond acceptors (Lipinski definition) is 3. The maximum Gasteiger partial charge on any atom is 0.134 e. The molecule has 0 spiro atoms. The Morgan fingerprint density at radius 3 is 2.64 bits per heavy atom. The molecular formula is C8H15NO2. The van der Waals surface area contributed by atoms with E-state index in [-0.39, 0.29) is 5.76 Å². The van der Waals surface area contributed by atoms with Crippen LogP contribution in [0, 0.1) is 0 Å². The summed E-state index contributed by atoms with van der Waals surface area (Å²) in [6, 6.07) is 0.327. The highest BCUT2D eigenvalue weighted by molar-refractivity contribution is 5.07. The molecule has 0 aliphatic heterocycles. The smallest absolute Gasteiger partial charge is 0.134 e. The van der Waals surface area contributed by atoms with Crippen molar-refractivity contribution in [1.29, 1.82) is 0 Å². The molecule has 0 rings (SSSR count). The fraction of sp³-hybridized carbons (Fsp3) is 0.500. The molecule has 0 aromatic heterocycles. The molecule has 64 valence electrons. The number of methoxy groups -OCH3 is 1. The van der Waals surface area contributed by atoms with Crippen LogP contribution in [0.5, 0.6) is 0 Å². The van der Waals surface area contributed by atoms with E-state index in [0.29, 0.717) is 6.04 Å². The highest BCUT2D eigenvalue weighted by atomic mass is 16.5. The van der Waals surface area contributed by atoms with Crippen molar-refractivity contribution in [2.75, 3.05) is 7.11 Å². The van der Waals surface area contributed by atoms with Crippen molar-refractivity contribution in [3.63, 3.8) is 0 Å². The van der Waals surface area contributed by atoms with Crippen molar-refractivity contribution in [1.82, 2.24) is 5.32 Å². The SMILES string of the molecule is CO/C=C/C(O)=C\NC(C)C. The Morgan fingerprint density at radius 1 is 1.55 bits per heavy atom. The van der Waals surface area contributed by atoms with Gasteiger partial charge in [-0.05, 0) is 13.8 Å². The van der Waals surface area contributed by atoms with E-state index in [1.807, 2.05) is 13.8 Å². The van der Waals surface area contributed by atoms with Crippen LogP contribution >= 0.6 is 0 Å². The van der Waals surface area contributed by atoms with Crippen molar-refractivity contribution >= 4 is 0 Å². The van der Waals surface area contributed by atoms with E-state index in [4.69, 9.17) is 5.11 Å². The molecule has 0 radical (unpaired) electrons. The van der Waals surface area contributed by atoms with Gasteiger partial charge in [0.15, 0.2) is 0 Å². The zero-order valence-electron chi connectivity index (χ0n) is 7.16. The second kappa shape index (κ2) is 5.65. The Bertz CT molecular complexity index is 150. The largest absolute Gasteiger partial charge is 0.506 e. The topological polar surface area (TPSA) is 41.5 Å². The van der Waals surface area contributed by atoms with Gasteiger partial charge in [0.25, 0.3) is 0 Å². The van der Waals surface area contributed by atoms with Crippen LogP contribution in [0.1, 0.15) is 13.8 Å². The van der Waals surface area contributed by atoms with E-state index < -0.39 is 0 Å². The van der Waals surface area contributed by atoms with Gasteiger partial charge in [-0.25, -0.2) is 0 Å². The van der Waals surface area contributed by atoms with Crippen LogP contribution in [0.15, 0.2) is 24.3 Å². The molecule has 0 atom stereocenters. The summed E-state index contributed by atoms with van der Waals surface area (Å²) >= 11 is 0. The van der Waals surface area contributed by atoms with Gasteiger partial charge in [0.05, 0.1) is 13.4 Å². The average Bonchev–Trinajstić information content (AvgIpc) is 1.97. The molecule has 0 heterocycles. The summed E-state index contributed by atoms with van der Waals surface area (Å²) in [5.41, 5.74) is 0. The molecule has 0 aliphatic carbocycles. The lowest BCUT2D eigenvalue weighted by atomic mass is 10.4. The molecule has 0 amide bonds. The summed E-state index contributed by atoms with van der Waals surface area (Å²) in [5.74, 6) is 0.153. The van der Waals surface area contributed by atoms with E-state index in [1.165, 1.54) is 25.6 Å². The minimum absolute atomic E-state index is 0.153. The number of ether oxygens (including phenoxy) is 1. The third kappa shape index (κ3) is 6.77. The van der Waals surface area contributed by atoms with Crippen LogP contribution in [-0.4, -0.2) is 18.3 Å². The minimum Gasteiger partial charge on any atom is -0.506 e. The number of hydrogen-bond donors (Lipinski definition) is 2. The lowest BCUT2D eigenvalue weighted by molar-refractivity contribution is 0.333. The van der Waals surface area contributed by atoms with Crippen LogP contribution < -0.4 is 5.32 Å². The van der Waals surface area contributed by atoms with Crippen molar-refractivity contribution in [3.05, 3.63) is 24.3 Å². The fourth-order valence-electron chi connectivity index (χ4n) is 0.438. The molecule has 0 fully saturated rings. The lowest BCUT2D eigenvalue weighted by Gasteiger charge is -2.02. The third-order valence-corrected chi connectivity index (χ3v) is 0.939. The standard InChI is InChI=1S/C8H15NO2/c1-7(2)9-6-8(10)4-5-11-3/h4-7,9-10H,1-3H3/b5-4+,8-6+. The first kappa shape index (κ1) is 9.88. The molecule has 0 saturated carbocycles. The zero-order chi connectivity index (χ0) is 8.69. The van der Waals surface area contributed by atoms with E-state index in [0.717, 1.165) is 0 Å². The van der Waals surface area contributed by atoms with Crippen LogP contribution in [0.3, 0.4) is 0 Å². The Morgan fingerprint density at radius 2 is 2.18 bits per heavy atom. The second-order valence-corrected chi connectivity index (χ2v) is 2.43. The Balaban J connectivity index is 3.71. The normalized spacial score (nSPS) is 12.5. The van der Waals surface area contributed by atoms with E-state index in [1.54, 1.807) is 0 Å². The number of aliphatic hydroxyl groups excluding tert-OH is 1. The molecule has 0 unspecified atom stereocenters. The first-order valence-corrected chi connectivity index (χ1v) is 3.51. The van der Waals surface area contributed by atoms with Gasteiger partial charge in [0, 0.05) is 18.3 Å². The molecule has 0 aromatic rings. The summed E-state index contributed by atoms with van der Waals surface area (Å²) in [6.07, 6.45) is 4.41. The van der Waals surface area contributed by atoms with Gasteiger partial charge in [-0.3, -0.25) is 0 Å². The quantitative estimate of drug-likeness (QED) is 0.480. The summed E-state index contributed by atoms with van der Waals surface area (Å²) in [7, 11) is 1.53. The predicted octanol–water partition coefficient (Wildman–Crippen LogP) is 1.54. The Labute approximate surface area is 67.4 Å². The first-order chi connectivity index (χ1) is 5.16. The molecule has 11 heavy (non-hydrogen) atoms. The molecule has 3 nitrogen and oxygen atoms in total. The zero-order valence-corrected chi connectivity index (χ0v) is 7.16. The highest BCUT2D eigenvalue weighted by Gasteiger charge is 1.87. The molecule has 0 aromatic carbocycles. The predicted molar refractivity (Wildman–Crippen MR) is 45.1 cm³/mol. The molecule has 0 saturated heterocycles. The number of rotatable bonds is 4. The summed E-state index contributed by atoms with van der Waals surface area (Å²) in [4.78, 5) is 0. The first-order valence-electron chi connectivity index (χ1n) is 3.51. The van der Waals surface area contributed by atoms with Gasteiger partial charge in [-0.2, -0.15) is 0 Å². The van der Waals surface area contributed by atoms with Crippen molar-refractivity contribution in [3.8, 4) is 0 Å². The van der Waals surface area contributed by atoms with E-state index >= 15 is 0 Å². The monoisotopic (exact) mass is 157 g/mol. The van der Waals surface area contributed by atoms with Gasteiger partial charge in [-0.1, -0.05) is 0 Å². The minimum atomic E-state index is 0.153. The summed E-state index contributed by atoms with van der Waals surface area (Å²) in [5, 5.41) is 12.0. The fourth-order valence-corrected chi connectivity index (χ4v) is 0.438. The van der Waals surface area contributed by atoms with Crippen LogP contribution in [0.4, 0.5) is 0 Å². The van der Waals surface area contributed by atoms with E-state index in [9.17, 15) is 0 Å². The Kier molecular flexibility index (Phi) is 5.07. The van der Waals surface area contributed by atoms with Crippen LogP contribution in [0.2, 0.25) is 0 Å². The molecular weight excluding hydrogens is 142 g/mol. The van der Waals surface area contributed by atoms with Crippen molar-refractivity contribution in [2.24, 2.45) is 0 Å². The van der Waals surface area contributed by atoms with Gasteiger partial charge in [0.1, 0.15) is 5.76 Å². The molecule has 0 aliphatic rings. The van der Waals surface area contributed by atoms with Gasteiger partial charge in [0.2, 0.25) is 0 Å². The maximum absolute atomic E-state index is 9.06. The van der Waals surface area contributed by atoms with Gasteiger partial charge < -0.3 is 15.2 Å². The average molecular weight is 157 g/mol. The van der Waals surface area contributed by atoms with E-state index in [2.05, 4.69) is 10.1 Å². The third-order valence-electron chi connectivity index (χ3n) is 0.939. The molecule has 2 N–H and O–H groups in total.